The molecule has 0 amide bonds. The van der Waals surface area contributed by atoms with Gasteiger partial charge < -0.3 is 9.47 Å². The van der Waals surface area contributed by atoms with Gasteiger partial charge in [-0.3, -0.25) is 9.59 Å². The third-order valence-electron chi connectivity index (χ3n) is 10.7. The lowest BCUT2D eigenvalue weighted by atomic mass is 9.55. The number of nitrogens with zero attached hydrogens (tertiary/aromatic N) is 2. The van der Waals surface area contributed by atoms with Crippen LogP contribution in [0, 0.1) is 40.4 Å². The molecule has 2 aromatic rings. The molecule has 0 aromatic heterocycles. The summed E-state index contributed by atoms with van der Waals surface area (Å²) in [6.45, 7) is 0. The SMILES string of the molecule is N#CC(C#N)=C1Sc2c(OC(=O)C3CCCCC3)c3c(c(OC(=O)C4CCCCC4)c2S1)C1c2ccccc2C3C2=CC=CCC21. The Morgan fingerprint density at radius 3 is 1.91 bits per heavy atom. The first-order valence-electron chi connectivity index (χ1n) is 16.6. The van der Waals surface area contributed by atoms with Crippen molar-refractivity contribution in [1.29, 1.82) is 10.5 Å². The van der Waals surface area contributed by atoms with Crippen LogP contribution in [-0.2, 0) is 9.59 Å². The Morgan fingerprint density at radius 2 is 1.33 bits per heavy atom. The van der Waals surface area contributed by atoms with Crippen LogP contribution in [-0.4, -0.2) is 11.9 Å². The standard InChI is InChI=1S/C38H34N2O4S2/c39-19-23(20-40)38-45-34-32(43-36(41)21-11-3-1-4-12-21)30-28-24-15-7-9-17-26(24)29(27-18-10-8-16-25(27)28)31(30)33(35(34)46-38)44-37(42)22-13-5-2-6-14-22/h7-10,15-17,21-22,27-29H,1-6,11-14,18H2. The van der Waals surface area contributed by atoms with Crippen molar-refractivity contribution in [3.8, 4) is 23.6 Å². The van der Waals surface area contributed by atoms with Crippen molar-refractivity contribution in [2.45, 2.75) is 92.3 Å². The van der Waals surface area contributed by atoms with E-state index in [4.69, 9.17) is 9.47 Å². The molecular formula is C38H34N2O4S2. The van der Waals surface area contributed by atoms with Crippen molar-refractivity contribution >= 4 is 35.5 Å². The minimum Gasteiger partial charge on any atom is -0.425 e. The number of allylic oxidation sites excluding steroid dienone is 5. The fraction of sp³-hybridized carbons (Fsp3) is 0.421. The monoisotopic (exact) mass is 646 g/mol. The van der Waals surface area contributed by atoms with E-state index in [2.05, 4.69) is 54.6 Å². The first-order valence-corrected chi connectivity index (χ1v) is 18.2. The number of benzene rings is 2. The maximum Gasteiger partial charge on any atom is 0.314 e. The van der Waals surface area contributed by atoms with Crippen molar-refractivity contribution in [3.63, 3.8) is 0 Å². The average Bonchev–Trinajstić information content (AvgIpc) is 3.55. The summed E-state index contributed by atoms with van der Waals surface area (Å²) < 4.78 is 13.7. The number of hydrogen-bond acceptors (Lipinski definition) is 8. The van der Waals surface area contributed by atoms with Crippen LogP contribution in [0.3, 0.4) is 0 Å². The van der Waals surface area contributed by atoms with Gasteiger partial charge in [-0.1, -0.05) is 110 Å². The summed E-state index contributed by atoms with van der Waals surface area (Å²) in [6, 6.07) is 12.6. The molecule has 2 aromatic carbocycles. The molecule has 0 spiro atoms. The molecule has 8 heteroatoms. The molecular weight excluding hydrogens is 613 g/mol. The van der Waals surface area contributed by atoms with E-state index in [1.165, 1.54) is 40.2 Å². The van der Waals surface area contributed by atoms with E-state index < -0.39 is 0 Å². The molecule has 6 aliphatic carbocycles. The Kier molecular flexibility index (Phi) is 7.83. The number of fused-ring (bicyclic) bond motifs is 1. The van der Waals surface area contributed by atoms with Gasteiger partial charge in [-0.25, -0.2) is 0 Å². The van der Waals surface area contributed by atoms with E-state index in [-0.39, 0.29) is 47.1 Å². The van der Waals surface area contributed by atoms with Gasteiger partial charge in [0.25, 0.3) is 0 Å². The van der Waals surface area contributed by atoms with Crippen molar-refractivity contribution in [3.05, 3.63) is 80.1 Å². The quantitative estimate of drug-likeness (QED) is 0.184. The highest BCUT2D eigenvalue weighted by atomic mass is 32.2. The van der Waals surface area contributed by atoms with Crippen molar-refractivity contribution < 1.29 is 19.1 Å². The Bertz CT molecular complexity index is 1820. The molecule has 232 valence electrons. The Hall–Kier alpha value is -3.72. The largest absolute Gasteiger partial charge is 0.425 e. The number of thioether (sulfide) groups is 2. The fourth-order valence-electron chi connectivity index (χ4n) is 8.58. The molecule has 7 aliphatic rings. The highest BCUT2D eigenvalue weighted by Gasteiger charge is 2.52. The van der Waals surface area contributed by atoms with E-state index >= 15 is 0 Å². The molecule has 2 bridgehead atoms. The minimum atomic E-state index is -0.219. The topological polar surface area (TPSA) is 100 Å². The molecule has 0 saturated heterocycles. The minimum absolute atomic E-state index is 0.00474. The molecule has 2 fully saturated rings. The Balaban J connectivity index is 1.38. The van der Waals surface area contributed by atoms with Crippen LogP contribution in [0.5, 0.6) is 11.5 Å². The van der Waals surface area contributed by atoms with Crippen LogP contribution in [0.4, 0.5) is 0 Å². The lowest BCUT2D eigenvalue weighted by molar-refractivity contribution is -0.141. The summed E-state index contributed by atoms with van der Waals surface area (Å²) in [5.74, 6) is 0.215. The number of nitriles is 2. The van der Waals surface area contributed by atoms with Crippen LogP contribution < -0.4 is 9.47 Å². The molecule has 0 radical (unpaired) electrons. The third kappa shape index (κ3) is 4.76. The predicted octanol–water partition coefficient (Wildman–Crippen LogP) is 9.21. The molecule has 1 heterocycles. The smallest absolute Gasteiger partial charge is 0.314 e. The van der Waals surface area contributed by atoms with Crippen molar-refractivity contribution in [2.24, 2.45) is 17.8 Å². The zero-order valence-electron chi connectivity index (χ0n) is 25.6. The first-order chi connectivity index (χ1) is 22.6. The van der Waals surface area contributed by atoms with E-state index in [9.17, 15) is 20.1 Å². The number of carbonyl (C=O) groups is 2. The Labute approximate surface area is 277 Å². The molecule has 46 heavy (non-hydrogen) atoms. The first kappa shape index (κ1) is 29.7. The second-order valence-corrected chi connectivity index (χ2v) is 15.5. The van der Waals surface area contributed by atoms with Crippen LogP contribution in [0.1, 0.15) is 105 Å². The fourth-order valence-corrected chi connectivity index (χ4v) is 11.1. The lowest BCUT2D eigenvalue weighted by Crippen LogP contribution is -2.37. The molecule has 1 aliphatic heterocycles. The van der Waals surface area contributed by atoms with E-state index in [1.54, 1.807) is 0 Å². The lowest BCUT2D eigenvalue weighted by Gasteiger charge is -2.49. The van der Waals surface area contributed by atoms with Gasteiger partial charge in [0.1, 0.15) is 23.5 Å². The summed E-state index contributed by atoms with van der Waals surface area (Å²) >= 11 is 2.59. The number of ether oxygens (including phenoxy) is 2. The highest BCUT2D eigenvalue weighted by molar-refractivity contribution is 8.24. The van der Waals surface area contributed by atoms with E-state index in [0.717, 1.165) is 81.8 Å². The second-order valence-electron chi connectivity index (χ2n) is 13.2. The number of hydrogen-bond donors (Lipinski definition) is 0. The van der Waals surface area contributed by atoms with Crippen molar-refractivity contribution in [2.75, 3.05) is 0 Å². The molecule has 2 saturated carbocycles. The number of esters is 2. The van der Waals surface area contributed by atoms with Gasteiger partial charge >= 0.3 is 11.9 Å². The maximum absolute atomic E-state index is 13.9. The van der Waals surface area contributed by atoms with Crippen LogP contribution in [0.15, 0.2) is 67.7 Å². The zero-order chi connectivity index (χ0) is 31.4. The Morgan fingerprint density at radius 1 is 0.761 bits per heavy atom. The van der Waals surface area contributed by atoms with Crippen LogP contribution in [0.2, 0.25) is 0 Å². The highest BCUT2D eigenvalue weighted by Crippen LogP contribution is 2.69. The number of carbonyl (C=O) groups excluding carboxylic acids is 2. The number of rotatable bonds is 4. The normalized spacial score (nSPS) is 24.4. The van der Waals surface area contributed by atoms with Gasteiger partial charge in [0.2, 0.25) is 0 Å². The molecule has 3 unspecified atom stereocenters. The summed E-state index contributed by atoms with van der Waals surface area (Å²) in [7, 11) is 0. The molecule has 3 atom stereocenters. The summed E-state index contributed by atoms with van der Waals surface area (Å²) in [6.07, 6.45) is 17.0. The summed E-state index contributed by atoms with van der Waals surface area (Å²) in [5.41, 5.74) is 5.54. The van der Waals surface area contributed by atoms with E-state index in [0.29, 0.717) is 25.5 Å². The maximum atomic E-state index is 13.9. The molecule has 6 nitrogen and oxygen atoms in total. The summed E-state index contributed by atoms with van der Waals surface area (Å²) in [5, 5.41) is 19.7. The predicted molar refractivity (Wildman–Crippen MR) is 176 cm³/mol. The van der Waals surface area contributed by atoms with Gasteiger partial charge in [-0.2, -0.15) is 10.5 Å². The average molecular weight is 647 g/mol. The molecule has 9 rings (SSSR count). The van der Waals surface area contributed by atoms with Gasteiger partial charge in [-0.15, -0.1) is 0 Å². The zero-order valence-corrected chi connectivity index (χ0v) is 27.2. The second kappa shape index (κ2) is 12.1. The summed E-state index contributed by atoms with van der Waals surface area (Å²) in [4.78, 5) is 29.2. The van der Waals surface area contributed by atoms with Gasteiger partial charge in [0.05, 0.1) is 25.9 Å². The van der Waals surface area contributed by atoms with Crippen molar-refractivity contribution in [1.82, 2.24) is 0 Å². The van der Waals surface area contributed by atoms with Gasteiger partial charge in [-0.05, 0) is 49.1 Å². The van der Waals surface area contributed by atoms with Gasteiger partial charge in [0.15, 0.2) is 5.75 Å². The van der Waals surface area contributed by atoms with E-state index in [1.807, 2.05) is 0 Å². The van der Waals surface area contributed by atoms with Gasteiger partial charge in [0, 0.05) is 23.0 Å². The third-order valence-corrected chi connectivity index (χ3v) is 13.3. The van der Waals surface area contributed by atoms with Crippen LogP contribution >= 0.6 is 23.5 Å². The molecule has 0 N–H and O–H groups in total. The van der Waals surface area contributed by atoms with Crippen LogP contribution in [0.25, 0.3) is 0 Å².